The summed E-state index contributed by atoms with van der Waals surface area (Å²) in [6.07, 6.45) is 2.62. The highest BCUT2D eigenvalue weighted by atomic mass is 16.5. The van der Waals surface area contributed by atoms with Crippen LogP contribution in [0.4, 0.5) is 0 Å². The molecule has 1 aromatic carbocycles. The van der Waals surface area contributed by atoms with Gasteiger partial charge in [0, 0.05) is 38.6 Å². The maximum Gasteiger partial charge on any atom is 0.123 e. The summed E-state index contributed by atoms with van der Waals surface area (Å²) in [7, 11) is 0. The summed E-state index contributed by atoms with van der Waals surface area (Å²) >= 11 is 0. The molecule has 2 unspecified atom stereocenters. The Morgan fingerprint density at radius 1 is 1.39 bits per heavy atom. The third kappa shape index (κ3) is 2.38. The van der Waals surface area contributed by atoms with Crippen LogP contribution in [0.3, 0.4) is 0 Å². The standard InChI is InChI=1S/C15H22N2O/c1-2-13-10-16-7-8-17(13)11-14-9-12-5-3-4-6-15(12)18-14/h3-6,13-14,16H,2,7-11H2,1H3. The third-order valence-corrected chi connectivity index (χ3v) is 4.10. The quantitative estimate of drug-likeness (QED) is 0.878. The monoisotopic (exact) mass is 246 g/mol. The van der Waals surface area contributed by atoms with Crippen molar-refractivity contribution < 1.29 is 4.74 Å². The minimum Gasteiger partial charge on any atom is -0.488 e. The summed E-state index contributed by atoms with van der Waals surface area (Å²) in [6.45, 7) is 6.71. The molecule has 18 heavy (non-hydrogen) atoms. The van der Waals surface area contributed by atoms with E-state index in [9.17, 15) is 0 Å². The van der Waals surface area contributed by atoms with Gasteiger partial charge in [-0.3, -0.25) is 4.90 Å². The zero-order valence-electron chi connectivity index (χ0n) is 11.1. The summed E-state index contributed by atoms with van der Waals surface area (Å²) in [5.74, 6) is 1.09. The van der Waals surface area contributed by atoms with Crippen LogP contribution < -0.4 is 10.1 Å². The van der Waals surface area contributed by atoms with E-state index in [1.807, 2.05) is 0 Å². The molecule has 2 aliphatic rings. The molecule has 0 saturated carbocycles. The van der Waals surface area contributed by atoms with Gasteiger partial charge in [-0.05, 0) is 18.1 Å². The molecule has 1 aromatic rings. The minimum atomic E-state index is 0.342. The normalized spacial score (nSPS) is 27.8. The van der Waals surface area contributed by atoms with Crippen molar-refractivity contribution in [3.05, 3.63) is 29.8 Å². The third-order valence-electron chi connectivity index (χ3n) is 4.10. The van der Waals surface area contributed by atoms with Gasteiger partial charge in [-0.15, -0.1) is 0 Å². The highest BCUT2D eigenvalue weighted by molar-refractivity contribution is 5.37. The lowest BCUT2D eigenvalue weighted by atomic mass is 10.1. The first-order chi connectivity index (χ1) is 8.86. The lowest BCUT2D eigenvalue weighted by Gasteiger charge is -2.36. The van der Waals surface area contributed by atoms with Crippen LogP contribution in [0, 0.1) is 0 Å². The largest absolute Gasteiger partial charge is 0.488 e. The van der Waals surface area contributed by atoms with Crippen LogP contribution in [0.25, 0.3) is 0 Å². The number of ether oxygens (including phenoxy) is 1. The molecule has 0 aromatic heterocycles. The van der Waals surface area contributed by atoms with E-state index in [0.29, 0.717) is 12.1 Å². The molecule has 1 N–H and O–H groups in total. The van der Waals surface area contributed by atoms with Crippen molar-refractivity contribution in [3.63, 3.8) is 0 Å². The fourth-order valence-corrected chi connectivity index (χ4v) is 3.06. The van der Waals surface area contributed by atoms with Crippen LogP contribution >= 0.6 is 0 Å². The Kier molecular flexibility index (Phi) is 3.52. The van der Waals surface area contributed by atoms with Crippen LogP contribution in [-0.2, 0) is 6.42 Å². The number of hydrogen-bond acceptors (Lipinski definition) is 3. The van der Waals surface area contributed by atoms with E-state index in [4.69, 9.17) is 4.74 Å². The fourth-order valence-electron chi connectivity index (χ4n) is 3.06. The van der Waals surface area contributed by atoms with Crippen LogP contribution in [0.15, 0.2) is 24.3 Å². The number of fused-ring (bicyclic) bond motifs is 1. The van der Waals surface area contributed by atoms with E-state index < -0.39 is 0 Å². The zero-order valence-corrected chi connectivity index (χ0v) is 11.1. The van der Waals surface area contributed by atoms with E-state index in [2.05, 4.69) is 41.4 Å². The van der Waals surface area contributed by atoms with Crippen molar-refractivity contribution in [1.29, 1.82) is 0 Å². The first-order valence-corrected chi connectivity index (χ1v) is 7.06. The molecule has 2 atom stereocenters. The molecule has 1 fully saturated rings. The second-order valence-corrected chi connectivity index (χ2v) is 5.31. The highest BCUT2D eigenvalue weighted by Crippen LogP contribution is 2.28. The van der Waals surface area contributed by atoms with Crippen molar-refractivity contribution in [2.45, 2.75) is 31.9 Å². The van der Waals surface area contributed by atoms with Crippen LogP contribution in [0.5, 0.6) is 5.75 Å². The maximum atomic E-state index is 6.04. The van der Waals surface area contributed by atoms with Crippen LogP contribution in [0.1, 0.15) is 18.9 Å². The van der Waals surface area contributed by atoms with E-state index in [-0.39, 0.29) is 0 Å². The molecule has 1 saturated heterocycles. The van der Waals surface area contributed by atoms with Crippen molar-refractivity contribution in [2.24, 2.45) is 0 Å². The summed E-state index contributed by atoms with van der Waals surface area (Å²) in [5, 5.41) is 3.48. The molecule has 0 aliphatic carbocycles. The first-order valence-electron chi connectivity index (χ1n) is 7.06. The molecule has 2 heterocycles. The van der Waals surface area contributed by atoms with Gasteiger partial charge in [-0.1, -0.05) is 25.1 Å². The van der Waals surface area contributed by atoms with Gasteiger partial charge in [0.1, 0.15) is 11.9 Å². The number of para-hydroxylation sites is 1. The Morgan fingerprint density at radius 3 is 3.11 bits per heavy atom. The first kappa shape index (κ1) is 12.0. The van der Waals surface area contributed by atoms with Gasteiger partial charge < -0.3 is 10.1 Å². The van der Waals surface area contributed by atoms with Crippen molar-refractivity contribution in [1.82, 2.24) is 10.2 Å². The predicted octanol–water partition coefficient (Wildman–Crippen LogP) is 1.67. The smallest absolute Gasteiger partial charge is 0.123 e. The van der Waals surface area contributed by atoms with E-state index >= 15 is 0 Å². The average molecular weight is 246 g/mol. The van der Waals surface area contributed by atoms with Gasteiger partial charge in [0.05, 0.1) is 0 Å². The fraction of sp³-hybridized carbons (Fsp3) is 0.600. The molecule has 98 valence electrons. The van der Waals surface area contributed by atoms with Crippen molar-refractivity contribution in [2.75, 3.05) is 26.2 Å². The molecule has 0 radical (unpaired) electrons. The Bertz CT molecular complexity index is 382. The Balaban J connectivity index is 1.61. The zero-order chi connectivity index (χ0) is 12.4. The number of benzene rings is 1. The molecule has 3 nitrogen and oxygen atoms in total. The Labute approximate surface area is 109 Å². The number of nitrogens with one attached hydrogen (secondary N) is 1. The number of nitrogens with zero attached hydrogens (tertiary/aromatic N) is 1. The number of rotatable bonds is 3. The van der Waals surface area contributed by atoms with Crippen LogP contribution in [-0.4, -0.2) is 43.2 Å². The lowest BCUT2D eigenvalue weighted by Crippen LogP contribution is -2.53. The molecular weight excluding hydrogens is 224 g/mol. The van der Waals surface area contributed by atoms with Crippen molar-refractivity contribution in [3.8, 4) is 5.75 Å². The molecular formula is C15H22N2O. The second kappa shape index (κ2) is 5.29. The predicted molar refractivity (Wildman–Crippen MR) is 73.1 cm³/mol. The maximum absolute atomic E-state index is 6.04. The van der Waals surface area contributed by atoms with Gasteiger partial charge in [0.15, 0.2) is 0 Å². The molecule has 0 spiro atoms. The van der Waals surface area contributed by atoms with Crippen LogP contribution in [0.2, 0.25) is 0 Å². The average Bonchev–Trinajstić information content (AvgIpc) is 2.81. The highest BCUT2D eigenvalue weighted by Gasteiger charge is 2.28. The lowest BCUT2D eigenvalue weighted by molar-refractivity contribution is 0.0962. The summed E-state index contributed by atoms with van der Waals surface area (Å²) < 4.78 is 6.04. The summed E-state index contributed by atoms with van der Waals surface area (Å²) in [4.78, 5) is 2.59. The molecule has 0 bridgehead atoms. The van der Waals surface area contributed by atoms with Gasteiger partial charge in [0.25, 0.3) is 0 Å². The SMILES string of the molecule is CCC1CNCCN1CC1Cc2ccccc2O1. The van der Waals surface area contributed by atoms with E-state index in [1.54, 1.807) is 0 Å². The van der Waals surface area contributed by atoms with Gasteiger partial charge >= 0.3 is 0 Å². The number of piperazine rings is 1. The Hall–Kier alpha value is -1.06. The molecule has 2 aliphatic heterocycles. The summed E-state index contributed by atoms with van der Waals surface area (Å²) in [6, 6.07) is 9.10. The van der Waals surface area contributed by atoms with Gasteiger partial charge in [0.2, 0.25) is 0 Å². The molecule has 0 amide bonds. The minimum absolute atomic E-state index is 0.342. The van der Waals surface area contributed by atoms with E-state index in [0.717, 1.165) is 38.3 Å². The second-order valence-electron chi connectivity index (χ2n) is 5.31. The van der Waals surface area contributed by atoms with Gasteiger partial charge in [-0.25, -0.2) is 0 Å². The van der Waals surface area contributed by atoms with E-state index in [1.165, 1.54) is 12.0 Å². The summed E-state index contributed by atoms with van der Waals surface area (Å²) in [5.41, 5.74) is 1.37. The van der Waals surface area contributed by atoms with Crippen molar-refractivity contribution >= 4 is 0 Å². The molecule has 3 rings (SSSR count). The molecule has 3 heteroatoms. The Morgan fingerprint density at radius 2 is 2.28 bits per heavy atom. The topological polar surface area (TPSA) is 24.5 Å². The number of hydrogen-bond donors (Lipinski definition) is 1. The van der Waals surface area contributed by atoms with Gasteiger partial charge in [-0.2, -0.15) is 0 Å².